The Morgan fingerprint density at radius 2 is 1.86 bits per heavy atom. The molecule has 0 fully saturated rings. The van der Waals surface area contributed by atoms with Gasteiger partial charge in [0.15, 0.2) is 11.5 Å². The van der Waals surface area contributed by atoms with Gasteiger partial charge < -0.3 is 14.6 Å². The average Bonchev–Trinajstić information content (AvgIpc) is 2.71. The predicted octanol–water partition coefficient (Wildman–Crippen LogP) is 5.38. The van der Waals surface area contributed by atoms with Crippen molar-refractivity contribution in [3.05, 3.63) is 88.4 Å². The Labute approximate surface area is 167 Å². The van der Waals surface area contributed by atoms with Crippen LogP contribution in [0.4, 0.5) is 5.69 Å². The number of para-hydroxylation sites is 1. The maximum absolute atomic E-state index is 11.0. The fourth-order valence-corrected chi connectivity index (χ4v) is 2.73. The minimum atomic E-state index is -0.961. The van der Waals surface area contributed by atoms with Crippen LogP contribution in [0.15, 0.2) is 71.7 Å². The summed E-state index contributed by atoms with van der Waals surface area (Å²) in [6.45, 7) is 0.262. The Kier molecular flexibility index (Phi) is 6.29. The maximum Gasteiger partial charge on any atom is 0.335 e. The first-order chi connectivity index (χ1) is 13.6. The summed E-state index contributed by atoms with van der Waals surface area (Å²) in [6, 6.07) is 19.3. The van der Waals surface area contributed by atoms with Gasteiger partial charge in [-0.1, -0.05) is 35.9 Å². The summed E-state index contributed by atoms with van der Waals surface area (Å²) in [5, 5.41) is 9.60. The van der Waals surface area contributed by atoms with Crippen LogP contribution in [0.25, 0.3) is 0 Å². The highest BCUT2D eigenvalue weighted by atomic mass is 35.5. The molecule has 6 heteroatoms. The molecule has 0 bridgehead atoms. The molecule has 0 aliphatic carbocycles. The van der Waals surface area contributed by atoms with Crippen molar-refractivity contribution in [2.75, 3.05) is 7.11 Å². The van der Waals surface area contributed by atoms with E-state index in [-0.39, 0.29) is 12.2 Å². The van der Waals surface area contributed by atoms with Crippen molar-refractivity contribution in [2.24, 2.45) is 4.99 Å². The Morgan fingerprint density at radius 3 is 2.54 bits per heavy atom. The first kappa shape index (κ1) is 19.5. The van der Waals surface area contributed by atoms with E-state index in [4.69, 9.17) is 26.2 Å². The fourth-order valence-electron chi connectivity index (χ4n) is 2.55. The lowest BCUT2D eigenvalue weighted by molar-refractivity contribution is 0.0697. The lowest BCUT2D eigenvalue weighted by Gasteiger charge is -2.13. The lowest BCUT2D eigenvalue weighted by atomic mass is 10.1. The molecule has 3 rings (SSSR count). The summed E-state index contributed by atoms with van der Waals surface area (Å²) in [4.78, 5) is 15.4. The minimum absolute atomic E-state index is 0.232. The molecular formula is C22H18ClNO4. The van der Waals surface area contributed by atoms with Gasteiger partial charge in [0.05, 0.1) is 18.4 Å². The third kappa shape index (κ3) is 4.90. The van der Waals surface area contributed by atoms with E-state index in [1.165, 1.54) is 0 Å². The van der Waals surface area contributed by atoms with E-state index in [1.807, 2.05) is 24.3 Å². The van der Waals surface area contributed by atoms with E-state index in [9.17, 15) is 4.79 Å². The number of rotatable bonds is 7. The average molecular weight is 396 g/mol. The van der Waals surface area contributed by atoms with Crippen LogP contribution >= 0.6 is 11.6 Å². The zero-order chi connectivity index (χ0) is 19.9. The van der Waals surface area contributed by atoms with Crippen molar-refractivity contribution >= 4 is 29.5 Å². The topological polar surface area (TPSA) is 68.1 Å². The molecule has 0 atom stereocenters. The molecule has 0 aliphatic rings. The Morgan fingerprint density at radius 1 is 1.11 bits per heavy atom. The molecule has 0 aliphatic heterocycles. The molecule has 5 nitrogen and oxygen atoms in total. The minimum Gasteiger partial charge on any atom is -0.493 e. The number of aromatic carboxylic acids is 1. The van der Waals surface area contributed by atoms with Crippen LogP contribution in [0.1, 0.15) is 21.5 Å². The van der Waals surface area contributed by atoms with Crippen LogP contribution in [0.5, 0.6) is 11.5 Å². The number of benzene rings is 3. The zero-order valence-electron chi connectivity index (χ0n) is 15.1. The highest BCUT2D eigenvalue weighted by Crippen LogP contribution is 2.31. The Balaban J connectivity index is 1.82. The smallest absolute Gasteiger partial charge is 0.335 e. The van der Waals surface area contributed by atoms with Gasteiger partial charge in [0.2, 0.25) is 0 Å². The van der Waals surface area contributed by atoms with E-state index >= 15 is 0 Å². The number of hydrogen-bond donors (Lipinski definition) is 1. The second kappa shape index (κ2) is 9.06. The second-order valence-corrected chi connectivity index (χ2v) is 6.34. The molecule has 0 amide bonds. The predicted molar refractivity (Wildman–Crippen MR) is 109 cm³/mol. The zero-order valence-corrected chi connectivity index (χ0v) is 15.9. The number of carbonyl (C=O) groups is 1. The van der Waals surface area contributed by atoms with Crippen molar-refractivity contribution < 1.29 is 19.4 Å². The number of aliphatic imine (C=N–C) groups is 1. The van der Waals surface area contributed by atoms with Crippen LogP contribution in [-0.4, -0.2) is 24.4 Å². The van der Waals surface area contributed by atoms with Crippen molar-refractivity contribution in [3.8, 4) is 11.5 Å². The van der Waals surface area contributed by atoms with Gasteiger partial charge in [0.25, 0.3) is 0 Å². The monoisotopic (exact) mass is 395 g/mol. The molecule has 0 spiro atoms. The van der Waals surface area contributed by atoms with Gasteiger partial charge >= 0.3 is 5.97 Å². The quantitative estimate of drug-likeness (QED) is 0.545. The number of ether oxygens (including phenoxy) is 2. The van der Waals surface area contributed by atoms with E-state index in [0.29, 0.717) is 16.5 Å². The van der Waals surface area contributed by atoms with Gasteiger partial charge in [0.1, 0.15) is 6.61 Å². The summed E-state index contributed by atoms with van der Waals surface area (Å²) >= 11 is 6.00. The first-order valence-electron chi connectivity index (χ1n) is 8.48. The van der Waals surface area contributed by atoms with Crippen LogP contribution in [0.3, 0.4) is 0 Å². The molecule has 1 N–H and O–H groups in total. The van der Waals surface area contributed by atoms with Crippen molar-refractivity contribution in [1.82, 2.24) is 0 Å². The van der Waals surface area contributed by atoms with Crippen molar-refractivity contribution in [1.29, 1.82) is 0 Å². The first-order valence-corrected chi connectivity index (χ1v) is 8.86. The summed E-state index contributed by atoms with van der Waals surface area (Å²) in [7, 11) is 1.57. The largest absolute Gasteiger partial charge is 0.493 e. The van der Waals surface area contributed by atoms with Gasteiger partial charge in [0, 0.05) is 16.8 Å². The Bertz CT molecular complexity index is 1000. The number of methoxy groups -OCH3 is 1. The number of halogens is 1. The lowest BCUT2D eigenvalue weighted by Crippen LogP contribution is -2.02. The molecule has 0 radical (unpaired) electrons. The molecule has 0 saturated heterocycles. The molecule has 28 heavy (non-hydrogen) atoms. The third-order valence-corrected chi connectivity index (χ3v) is 4.21. The molecule has 3 aromatic carbocycles. The Hall–Kier alpha value is -3.31. The van der Waals surface area contributed by atoms with Crippen LogP contribution in [0, 0.1) is 0 Å². The van der Waals surface area contributed by atoms with Crippen LogP contribution < -0.4 is 9.47 Å². The SMILES string of the molecule is COc1cccc(C=Nc2cccc(Cl)c2)c1OCc1ccc(C(=O)O)cc1. The van der Waals surface area contributed by atoms with Crippen molar-refractivity contribution in [3.63, 3.8) is 0 Å². The second-order valence-electron chi connectivity index (χ2n) is 5.91. The standard InChI is InChI=1S/C22H18ClNO4/c1-27-20-7-2-4-17(13-24-19-6-3-5-18(23)12-19)21(20)28-14-15-8-10-16(11-9-15)22(25)26/h2-13H,14H2,1H3,(H,25,26). The van der Waals surface area contributed by atoms with Crippen LogP contribution in [-0.2, 0) is 6.61 Å². The molecule has 0 unspecified atom stereocenters. The fraction of sp³-hybridized carbons (Fsp3) is 0.0909. The summed E-state index contributed by atoms with van der Waals surface area (Å²) in [6.07, 6.45) is 1.69. The molecule has 0 heterocycles. The highest BCUT2D eigenvalue weighted by Gasteiger charge is 2.10. The van der Waals surface area contributed by atoms with Gasteiger partial charge in [-0.3, -0.25) is 4.99 Å². The van der Waals surface area contributed by atoms with E-state index < -0.39 is 5.97 Å². The number of carboxylic acids is 1. The summed E-state index contributed by atoms with van der Waals surface area (Å²) < 4.78 is 11.4. The summed E-state index contributed by atoms with van der Waals surface area (Å²) in [5.41, 5.74) is 2.55. The van der Waals surface area contributed by atoms with Gasteiger partial charge in [-0.25, -0.2) is 4.79 Å². The van der Waals surface area contributed by atoms with Gasteiger partial charge in [-0.2, -0.15) is 0 Å². The molecule has 0 aromatic heterocycles. The van der Waals surface area contributed by atoms with E-state index in [0.717, 1.165) is 16.8 Å². The number of carboxylic acid groups (broad SMARTS) is 1. The third-order valence-electron chi connectivity index (χ3n) is 3.97. The molecular weight excluding hydrogens is 378 g/mol. The number of hydrogen-bond acceptors (Lipinski definition) is 4. The highest BCUT2D eigenvalue weighted by molar-refractivity contribution is 6.30. The maximum atomic E-state index is 11.0. The summed E-state index contributed by atoms with van der Waals surface area (Å²) in [5.74, 6) is 0.173. The van der Waals surface area contributed by atoms with E-state index in [1.54, 1.807) is 55.8 Å². The van der Waals surface area contributed by atoms with Gasteiger partial charge in [-0.15, -0.1) is 0 Å². The molecule has 3 aromatic rings. The molecule has 0 saturated carbocycles. The van der Waals surface area contributed by atoms with Crippen LogP contribution in [0.2, 0.25) is 5.02 Å². The van der Waals surface area contributed by atoms with Crippen molar-refractivity contribution in [2.45, 2.75) is 6.61 Å². The molecule has 142 valence electrons. The number of nitrogens with zero attached hydrogens (tertiary/aromatic N) is 1. The van der Waals surface area contributed by atoms with Gasteiger partial charge in [-0.05, 0) is 48.0 Å². The normalized spacial score (nSPS) is 10.8. The van der Waals surface area contributed by atoms with E-state index in [2.05, 4.69) is 4.99 Å².